The van der Waals surface area contributed by atoms with Crippen LogP contribution in [0.4, 0.5) is 0 Å². The Hall–Kier alpha value is -0.610. The van der Waals surface area contributed by atoms with E-state index in [1.165, 1.54) is 19.3 Å². The molecule has 1 aliphatic carbocycles. The monoisotopic (exact) mass is 242 g/mol. The number of carbonyl (C=O) groups excluding carboxylic acids is 1. The molecule has 0 heterocycles. The van der Waals surface area contributed by atoms with Crippen LogP contribution in [-0.2, 0) is 4.79 Å². The first kappa shape index (κ1) is 14.5. The Balaban J connectivity index is 2.22. The number of hydrogen-bond donors (Lipinski definition) is 2. The average molecular weight is 242 g/mol. The lowest BCUT2D eigenvalue weighted by molar-refractivity contribution is -0.128. The van der Waals surface area contributed by atoms with Crippen molar-refractivity contribution in [2.75, 3.05) is 33.3 Å². The minimum atomic E-state index is 0.142. The van der Waals surface area contributed by atoms with Crippen LogP contribution in [0.15, 0.2) is 0 Å². The zero-order valence-electron chi connectivity index (χ0n) is 11.1. The Kier molecular flexibility index (Phi) is 6.52. The molecule has 0 aliphatic heterocycles. The minimum Gasteiger partial charge on any atom is -0.396 e. The summed E-state index contributed by atoms with van der Waals surface area (Å²) in [6.07, 6.45) is 4.80. The highest BCUT2D eigenvalue weighted by Crippen LogP contribution is 2.28. The first-order valence-electron chi connectivity index (χ1n) is 6.74. The van der Waals surface area contributed by atoms with Crippen molar-refractivity contribution in [3.63, 3.8) is 0 Å². The van der Waals surface area contributed by atoms with Crippen molar-refractivity contribution in [3.05, 3.63) is 0 Å². The van der Waals surface area contributed by atoms with E-state index in [-0.39, 0.29) is 12.5 Å². The van der Waals surface area contributed by atoms with E-state index in [1.807, 2.05) is 14.0 Å². The fourth-order valence-electron chi connectivity index (χ4n) is 2.47. The summed E-state index contributed by atoms with van der Waals surface area (Å²) < 4.78 is 0. The van der Waals surface area contributed by atoms with Crippen LogP contribution in [0.2, 0.25) is 0 Å². The van der Waals surface area contributed by atoms with Gasteiger partial charge in [-0.1, -0.05) is 12.8 Å². The number of carbonyl (C=O) groups is 1. The van der Waals surface area contributed by atoms with E-state index in [0.29, 0.717) is 18.4 Å². The van der Waals surface area contributed by atoms with Gasteiger partial charge in [-0.2, -0.15) is 0 Å². The molecule has 0 aromatic carbocycles. The molecule has 0 radical (unpaired) electrons. The second kappa shape index (κ2) is 7.67. The van der Waals surface area contributed by atoms with Crippen molar-refractivity contribution in [1.82, 2.24) is 10.2 Å². The van der Waals surface area contributed by atoms with E-state index in [0.717, 1.165) is 19.5 Å². The summed E-state index contributed by atoms with van der Waals surface area (Å²) >= 11 is 0. The van der Waals surface area contributed by atoms with E-state index in [9.17, 15) is 9.90 Å². The number of nitrogens with zero attached hydrogens (tertiary/aromatic N) is 1. The predicted octanol–water partition coefficient (Wildman–Crippen LogP) is 0.853. The van der Waals surface area contributed by atoms with Gasteiger partial charge in [0.05, 0.1) is 6.54 Å². The minimum absolute atomic E-state index is 0.142. The lowest BCUT2D eigenvalue weighted by atomic mass is 9.79. The van der Waals surface area contributed by atoms with Crippen LogP contribution in [-0.4, -0.2) is 49.2 Å². The Morgan fingerprint density at radius 3 is 2.59 bits per heavy atom. The van der Waals surface area contributed by atoms with Crippen LogP contribution >= 0.6 is 0 Å². The molecule has 1 saturated carbocycles. The summed E-state index contributed by atoms with van der Waals surface area (Å²) in [5, 5.41) is 12.5. The zero-order chi connectivity index (χ0) is 12.7. The summed E-state index contributed by atoms with van der Waals surface area (Å²) in [6, 6.07) is 0. The maximum atomic E-state index is 11.6. The molecule has 1 fully saturated rings. The second-order valence-corrected chi connectivity index (χ2v) is 5.03. The van der Waals surface area contributed by atoms with Gasteiger partial charge in [0.2, 0.25) is 5.91 Å². The van der Waals surface area contributed by atoms with Crippen LogP contribution in [0.5, 0.6) is 0 Å². The van der Waals surface area contributed by atoms with E-state index in [2.05, 4.69) is 5.32 Å². The molecule has 2 N–H and O–H groups in total. The average Bonchev–Trinajstić information content (AvgIpc) is 2.38. The van der Waals surface area contributed by atoms with Crippen molar-refractivity contribution < 1.29 is 9.90 Å². The smallest absolute Gasteiger partial charge is 0.236 e. The van der Waals surface area contributed by atoms with E-state index in [1.54, 1.807) is 4.90 Å². The van der Waals surface area contributed by atoms with Gasteiger partial charge in [-0.15, -0.1) is 0 Å². The Morgan fingerprint density at radius 1 is 1.35 bits per heavy atom. The zero-order valence-corrected chi connectivity index (χ0v) is 11.1. The number of hydrogen-bond acceptors (Lipinski definition) is 3. The summed E-state index contributed by atoms with van der Waals surface area (Å²) in [6.45, 7) is 4.28. The number of likely N-dealkylation sites (N-methyl/N-ethyl adjacent to an activating group) is 1. The Morgan fingerprint density at radius 2 is 2.00 bits per heavy atom. The molecule has 0 aromatic heterocycles. The summed E-state index contributed by atoms with van der Waals surface area (Å²) in [5.74, 6) is 1.10. The van der Waals surface area contributed by atoms with Gasteiger partial charge in [0.1, 0.15) is 0 Å². The van der Waals surface area contributed by atoms with Gasteiger partial charge in [-0.05, 0) is 38.1 Å². The molecule has 1 rings (SSSR count). The van der Waals surface area contributed by atoms with Gasteiger partial charge in [-0.3, -0.25) is 4.79 Å². The van der Waals surface area contributed by atoms with Crippen LogP contribution in [0.3, 0.4) is 0 Å². The predicted molar refractivity (Wildman–Crippen MR) is 68.7 cm³/mol. The van der Waals surface area contributed by atoms with Gasteiger partial charge < -0.3 is 15.3 Å². The quantitative estimate of drug-likeness (QED) is 0.726. The molecular formula is C13H26N2O2. The van der Waals surface area contributed by atoms with E-state index >= 15 is 0 Å². The third kappa shape index (κ3) is 4.64. The number of aliphatic hydroxyl groups is 1. The topological polar surface area (TPSA) is 52.6 Å². The standard InChI is InChI=1S/C13H26N2O2/c1-3-15(2)13(17)9-14-8-11-6-4-5-7-12(11)10-16/h11-12,14,16H,3-10H2,1-2H3. The van der Waals surface area contributed by atoms with Crippen LogP contribution in [0.1, 0.15) is 32.6 Å². The maximum absolute atomic E-state index is 11.6. The molecule has 1 aliphatic rings. The highest BCUT2D eigenvalue weighted by Gasteiger charge is 2.24. The van der Waals surface area contributed by atoms with Crippen LogP contribution < -0.4 is 5.32 Å². The van der Waals surface area contributed by atoms with Crippen molar-refractivity contribution >= 4 is 5.91 Å². The number of aliphatic hydroxyl groups excluding tert-OH is 1. The molecule has 1 amide bonds. The first-order valence-corrected chi connectivity index (χ1v) is 6.74. The number of amides is 1. The Bertz CT molecular complexity index is 233. The van der Waals surface area contributed by atoms with Gasteiger partial charge in [0.15, 0.2) is 0 Å². The first-order chi connectivity index (χ1) is 8.19. The van der Waals surface area contributed by atoms with E-state index in [4.69, 9.17) is 0 Å². The maximum Gasteiger partial charge on any atom is 0.236 e. The van der Waals surface area contributed by atoms with Crippen molar-refractivity contribution in [2.24, 2.45) is 11.8 Å². The fourth-order valence-corrected chi connectivity index (χ4v) is 2.47. The highest BCUT2D eigenvalue weighted by molar-refractivity contribution is 5.77. The van der Waals surface area contributed by atoms with Gasteiger partial charge >= 0.3 is 0 Å². The summed E-state index contributed by atoms with van der Waals surface area (Å²) in [4.78, 5) is 13.3. The lowest BCUT2D eigenvalue weighted by Crippen LogP contribution is -2.39. The SMILES string of the molecule is CCN(C)C(=O)CNCC1CCCCC1CO. The van der Waals surface area contributed by atoms with Crippen molar-refractivity contribution in [3.8, 4) is 0 Å². The number of nitrogens with one attached hydrogen (secondary N) is 1. The van der Waals surface area contributed by atoms with E-state index < -0.39 is 0 Å². The van der Waals surface area contributed by atoms with Crippen molar-refractivity contribution in [1.29, 1.82) is 0 Å². The van der Waals surface area contributed by atoms with Crippen molar-refractivity contribution in [2.45, 2.75) is 32.6 Å². The second-order valence-electron chi connectivity index (χ2n) is 5.03. The molecule has 100 valence electrons. The summed E-state index contributed by atoms with van der Waals surface area (Å²) in [7, 11) is 1.82. The lowest BCUT2D eigenvalue weighted by Gasteiger charge is -2.30. The molecule has 2 unspecified atom stereocenters. The fraction of sp³-hybridized carbons (Fsp3) is 0.923. The molecule has 17 heavy (non-hydrogen) atoms. The molecule has 2 atom stereocenters. The van der Waals surface area contributed by atoms with Gasteiger partial charge in [0.25, 0.3) is 0 Å². The van der Waals surface area contributed by atoms with Gasteiger partial charge in [-0.25, -0.2) is 0 Å². The third-order valence-corrected chi connectivity index (χ3v) is 3.88. The molecule has 0 saturated heterocycles. The molecular weight excluding hydrogens is 216 g/mol. The van der Waals surface area contributed by atoms with Gasteiger partial charge in [0, 0.05) is 20.2 Å². The highest BCUT2D eigenvalue weighted by atomic mass is 16.3. The molecule has 0 aromatic rings. The largest absolute Gasteiger partial charge is 0.396 e. The van der Waals surface area contributed by atoms with Crippen LogP contribution in [0, 0.1) is 11.8 Å². The number of rotatable bonds is 6. The molecule has 0 bridgehead atoms. The molecule has 4 nitrogen and oxygen atoms in total. The molecule has 0 spiro atoms. The summed E-state index contributed by atoms with van der Waals surface area (Å²) in [5.41, 5.74) is 0. The Labute approximate surface area is 104 Å². The molecule has 4 heteroatoms. The normalized spacial score (nSPS) is 24.6. The van der Waals surface area contributed by atoms with Crippen LogP contribution in [0.25, 0.3) is 0 Å². The third-order valence-electron chi connectivity index (χ3n) is 3.88.